The minimum Gasteiger partial charge on any atom is -0.363 e. The summed E-state index contributed by atoms with van der Waals surface area (Å²) in [4.78, 5) is 15.1. The molecule has 98 valence electrons. The fourth-order valence-electron chi connectivity index (χ4n) is 1.89. The predicted molar refractivity (Wildman–Crippen MR) is 74.1 cm³/mol. The lowest BCUT2D eigenvalue weighted by Crippen LogP contribution is -2.05. The van der Waals surface area contributed by atoms with Gasteiger partial charge in [0, 0.05) is 11.6 Å². The van der Waals surface area contributed by atoms with Gasteiger partial charge in [0.15, 0.2) is 5.82 Å². The lowest BCUT2D eigenvalue weighted by molar-refractivity contribution is -0.384. The zero-order chi connectivity index (χ0) is 13.4. The van der Waals surface area contributed by atoms with E-state index in [0.29, 0.717) is 27.7 Å². The number of hydrogen-bond acceptors (Lipinski definition) is 5. The van der Waals surface area contributed by atoms with Crippen LogP contribution in [0.15, 0.2) is 29.3 Å². The maximum Gasteiger partial charge on any atom is 0.347 e. The number of nitro groups is 1. The minimum absolute atomic E-state index is 0.0393. The average molecular weight is 297 g/mol. The number of anilines is 1. The van der Waals surface area contributed by atoms with Gasteiger partial charge in [0.25, 0.3) is 0 Å². The van der Waals surface area contributed by atoms with E-state index in [1.54, 1.807) is 24.3 Å². The van der Waals surface area contributed by atoms with Gasteiger partial charge in [-0.2, -0.15) is 0 Å². The maximum atomic E-state index is 11.2. The van der Waals surface area contributed by atoms with Crippen LogP contribution in [0.4, 0.5) is 17.2 Å². The van der Waals surface area contributed by atoms with E-state index in [2.05, 4.69) is 10.3 Å². The summed E-state index contributed by atoms with van der Waals surface area (Å²) in [5, 5.41) is 14.8. The van der Waals surface area contributed by atoms with E-state index in [-0.39, 0.29) is 5.69 Å². The topological polar surface area (TPSA) is 72.5 Å². The van der Waals surface area contributed by atoms with Gasteiger partial charge >= 0.3 is 5.69 Å². The summed E-state index contributed by atoms with van der Waals surface area (Å²) in [6, 6.07) is 6.88. The molecule has 1 aromatic carbocycles. The molecule has 8 heteroatoms. The molecule has 0 saturated heterocycles. The molecule has 2 heterocycles. The molecule has 0 radical (unpaired) electrons. The second-order valence-electron chi connectivity index (χ2n) is 3.97. The molecular weight excluding hydrogens is 288 g/mol. The van der Waals surface area contributed by atoms with E-state index in [0.717, 1.165) is 6.54 Å². The fourth-order valence-corrected chi connectivity index (χ4v) is 3.05. The van der Waals surface area contributed by atoms with Gasteiger partial charge in [-0.25, -0.2) is 4.99 Å². The number of nitrogens with zero attached hydrogens (tertiary/aromatic N) is 3. The van der Waals surface area contributed by atoms with Gasteiger partial charge < -0.3 is 5.32 Å². The molecule has 0 saturated carbocycles. The Morgan fingerprint density at radius 3 is 2.84 bits per heavy atom. The summed E-state index contributed by atoms with van der Waals surface area (Å²) in [6.45, 7) is 1.45. The Hall–Kier alpha value is -1.86. The van der Waals surface area contributed by atoms with Crippen LogP contribution in [0.2, 0.25) is 5.02 Å². The Morgan fingerprint density at radius 1 is 1.42 bits per heavy atom. The van der Waals surface area contributed by atoms with E-state index in [4.69, 9.17) is 11.6 Å². The molecule has 0 atom stereocenters. The highest BCUT2D eigenvalue weighted by Crippen LogP contribution is 2.28. The summed E-state index contributed by atoms with van der Waals surface area (Å²) < 4.78 is 2.25. The molecule has 0 spiro atoms. The average Bonchev–Trinajstić information content (AvgIpc) is 2.91. The van der Waals surface area contributed by atoms with E-state index < -0.39 is 4.92 Å². The highest BCUT2D eigenvalue weighted by atomic mass is 35.5. The standard InChI is InChI=1S/C11H9ClN4O2S/c12-7-1-3-8(4-2-7)14-11-9(16(17)18)10-13-5-6-15(10)19-11/h1-4,13H,5-6H2. The van der Waals surface area contributed by atoms with Crippen LogP contribution in [-0.2, 0) is 6.54 Å². The molecule has 2 aromatic rings. The van der Waals surface area contributed by atoms with Crippen molar-refractivity contribution in [1.82, 2.24) is 3.96 Å². The first kappa shape index (κ1) is 12.2. The normalized spacial score (nSPS) is 14.3. The third-order valence-corrected chi connectivity index (χ3v) is 4.02. The van der Waals surface area contributed by atoms with Crippen LogP contribution < -0.4 is 9.99 Å². The molecule has 0 fully saturated rings. The molecule has 1 aliphatic heterocycles. The SMILES string of the molecule is O=[N+]([O-])c1c2n(sc1=Nc1ccc(Cl)cc1)CCN2. The summed E-state index contributed by atoms with van der Waals surface area (Å²) in [5.41, 5.74) is 0.686. The van der Waals surface area contributed by atoms with Crippen molar-refractivity contribution in [3.8, 4) is 0 Å². The summed E-state index contributed by atoms with van der Waals surface area (Å²) in [6.07, 6.45) is 0. The summed E-state index contributed by atoms with van der Waals surface area (Å²) in [7, 11) is 0. The first-order valence-electron chi connectivity index (χ1n) is 5.58. The highest BCUT2D eigenvalue weighted by molar-refractivity contribution is 7.04. The quantitative estimate of drug-likeness (QED) is 0.684. The second kappa shape index (κ2) is 4.67. The molecule has 1 aromatic heterocycles. The van der Waals surface area contributed by atoms with Crippen LogP contribution in [-0.4, -0.2) is 15.4 Å². The summed E-state index contributed by atoms with van der Waals surface area (Å²) in [5.74, 6) is 0.544. The number of aromatic nitrogens is 1. The van der Waals surface area contributed by atoms with Crippen molar-refractivity contribution in [3.05, 3.63) is 44.1 Å². The first-order chi connectivity index (χ1) is 9.15. The largest absolute Gasteiger partial charge is 0.363 e. The summed E-state index contributed by atoms with van der Waals surface area (Å²) >= 11 is 7.08. The molecule has 1 N–H and O–H groups in total. The van der Waals surface area contributed by atoms with Crippen LogP contribution in [0.5, 0.6) is 0 Å². The minimum atomic E-state index is -0.393. The molecule has 0 unspecified atom stereocenters. The molecule has 0 bridgehead atoms. The van der Waals surface area contributed by atoms with E-state index in [1.165, 1.54) is 11.5 Å². The van der Waals surface area contributed by atoms with Gasteiger partial charge in [0.1, 0.15) is 0 Å². The number of halogens is 1. The molecule has 3 rings (SSSR count). The smallest absolute Gasteiger partial charge is 0.347 e. The number of nitrogens with one attached hydrogen (secondary N) is 1. The lowest BCUT2D eigenvalue weighted by Gasteiger charge is -1.93. The van der Waals surface area contributed by atoms with Crippen LogP contribution in [0.25, 0.3) is 0 Å². The lowest BCUT2D eigenvalue weighted by atomic mass is 10.3. The third kappa shape index (κ3) is 2.22. The monoisotopic (exact) mass is 296 g/mol. The molecule has 19 heavy (non-hydrogen) atoms. The van der Waals surface area contributed by atoms with Crippen LogP contribution in [0.3, 0.4) is 0 Å². The first-order valence-corrected chi connectivity index (χ1v) is 6.73. The van der Waals surface area contributed by atoms with Crippen LogP contribution in [0.1, 0.15) is 0 Å². The third-order valence-electron chi connectivity index (χ3n) is 2.72. The molecule has 1 aliphatic rings. The van der Waals surface area contributed by atoms with E-state index >= 15 is 0 Å². The van der Waals surface area contributed by atoms with Crippen molar-refractivity contribution in [2.24, 2.45) is 4.99 Å². The Labute approximate surface area is 117 Å². The van der Waals surface area contributed by atoms with Gasteiger partial charge in [-0.15, -0.1) is 0 Å². The maximum absolute atomic E-state index is 11.2. The fraction of sp³-hybridized carbons (Fsp3) is 0.182. The predicted octanol–water partition coefficient (Wildman–Crippen LogP) is 2.77. The van der Waals surface area contributed by atoms with E-state index in [1.807, 2.05) is 3.96 Å². The second-order valence-corrected chi connectivity index (χ2v) is 5.41. The van der Waals surface area contributed by atoms with Crippen molar-refractivity contribution < 1.29 is 4.92 Å². The number of rotatable bonds is 2. The van der Waals surface area contributed by atoms with Crippen LogP contribution >= 0.6 is 23.1 Å². The van der Waals surface area contributed by atoms with Crippen LogP contribution in [0, 0.1) is 10.1 Å². The van der Waals surface area contributed by atoms with Crippen molar-refractivity contribution in [2.45, 2.75) is 6.54 Å². The van der Waals surface area contributed by atoms with Gasteiger partial charge in [-0.1, -0.05) is 11.6 Å². The van der Waals surface area contributed by atoms with Gasteiger partial charge in [-0.05, 0) is 35.8 Å². The zero-order valence-corrected chi connectivity index (χ0v) is 11.2. The molecule has 0 aliphatic carbocycles. The zero-order valence-electron chi connectivity index (χ0n) is 9.67. The van der Waals surface area contributed by atoms with Crippen molar-refractivity contribution in [3.63, 3.8) is 0 Å². The molecule has 0 amide bonds. The van der Waals surface area contributed by atoms with Crippen molar-refractivity contribution >= 4 is 40.3 Å². The number of benzene rings is 1. The van der Waals surface area contributed by atoms with Crippen molar-refractivity contribution in [2.75, 3.05) is 11.9 Å². The van der Waals surface area contributed by atoms with E-state index in [9.17, 15) is 10.1 Å². The van der Waals surface area contributed by atoms with Gasteiger partial charge in [0.05, 0.1) is 17.2 Å². The number of hydrogen-bond donors (Lipinski definition) is 1. The molecule has 6 nitrogen and oxygen atoms in total. The molecular formula is C11H9ClN4O2S. The Bertz CT molecular complexity index is 704. The Morgan fingerprint density at radius 2 is 2.16 bits per heavy atom. The number of fused-ring (bicyclic) bond motifs is 1. The highest BCUT2D eigenvalue weighted by Gasteiger charge is 2.27. The van der Waals surface area contributed by atoms with Crippen molar-refractivity contribution in [1.29, 1.82) is 0 Å². The Kier molecular flexibility index (Phi) is 3.00. The Balaban J connectivity index is 2.15. The van der Waals surface area contributed by atoms with Gasteiger partial charge in [0.2, 0.25) is 4.67 Å². The van der Waals surface area contributed by atoms with Gasteiger partial charge in [-0.3, -0.25) is 14.1 Å².